The van der Waals surface area contributed by atoms with Crippen molar-refractivity contribution < 1.29 is 24.0 Å². The molecule has 4 aliphatic rings. The van der Waals surface area contributed by atoms with E-state index in [1.54, 1.807) is 11.9 Å². The Bertz CT molecular complexity index is 1210. The quantitative estimate of drug-likeness (QED) is 0.366. The second kappa shape index (κ2) is 12.1. The van der Waals surface area contributed by atoms with Crippen LogP contribution in [0.1, 0.15) is 71.6 Å². The number of amides is 5. The zero-order valence-electron chi connectivity index (χ0n) is 25.0. The summed E-state index contributed by atoms with van der Waals surface area (Å²) in [5.74, 6) is -2.23. The average Bonchev–Trinajstić information content (AvgIpc) is 3.28. The molecule has 0 spiro atoms. The maximum Gasteiger partial charge on any atom is 0.322 e. The first kappa shape index (κ1) is 30.0. The van der Waals surface area contributed by atoms with E-state index in [1.165, 1.54) is 4.90 Å². The molecule has 1 saturated heterocycles. The largest absolute Gasteiger partial charge is 0.363 e. The van der Waals surface area contributed by atoms with E-state index in [1.807, 2.05) is 30.3 Å². The van der Waals surface area contributed by atoms with Gasteiger partial charge in [0, 0.05) is 19.3 Å². The molecule has 0 radical (unpaired) electrons. The van der Waals surface area contributed by atoms with Crippen molar-refractivity contribution in [1.29, 1.82) is 0 Å². The number of urea groups is 1. The van der Waals surface area contributed by atoms with Crippen LogP contribution in [0.2, 0.25) is 0 Å². The molecule has 1 aromatic rings. The third-order valence-electron chi connectivity index (χ3n) is 10.5. The van der Waals surface area contributed by atoms with E-state index < -0.39 is 35.7 Å². The molecular weight excluding hydrogens is 534 g/mol. The molecule has 10 nitrogen and oxygen atoms in total. The minimum absolute atomic E-state index is 0.0316. The smallest absolute Gasteiger partial charge is 0.322 e. The number of rotatable bonds is 10. The van der Waals surface area contributed by atoms with Crippen LogP contribution in [0.5, 0.6) is 0 Å². The molecule has 5 rings (SSSR count). The molecule has 1 heterocycles. The van der Waals surface area contributed by atoms with E-state index in [-0.39, 0.29) is 41.0 Å². The summed E-state index contributed by atoms with van der Waals surface area (Å²) in [4.78, 5) is 69.3. The predicted molar refractivity (Wildman–Crippen MR) is 158 cm³/mol. The van der Waals surface area contributed by atoms with E-state index in [0.717, 1.165) is 51.4 Å². The van der Waals surface area contributed by atoms with Gasteiger partial charge < -0.3 is 21.3 Å². The lowest BCUT2D eigenvalue weighted by atomic mass is 9.80. The van der Waals surface area contributed by atoms with Gasteiger partial charge in [-0.1, -0.05) is 70.6 Å². The first-order chi connectivity index (χ1) is 20.0. The van der Waals surface area contributed by atoms with Gasteiger partial charge in [-0.15, -0.1) is 0 Å². The van der Waals surface area contributed by atoms with Gasteiger partial charge in [-0.2, -0.15) is 0 Å². The number of carbonyl (C=O) groups is 5. The van der Waals surface area contributed by atoms with Crippen LogP contribution in [0.15, 0.2) is 30.3 Å². The Balaban J connectivity index is 1.37. The molecule has 10 heteroatoms. The number of hydrogen-bond acceptors (Lipinski definition) is 5. The number of anilines is 1. The number of primary amides is 1. The van der Waals surface area contributed by atoms with Gasteiger partial charge in [0.2, 0.25) is 17.6 Å². The van der Waals surface area contributed by atoms with Crippen molar-refractivity contribution in [2.24, 2.45) is 34.8 Å². The molecule has 3 saturated carbocycles. The fourth-order valence-electron chi connectivity index (χ4n) is 7.56. The van der Waals surface area contributed by atoms with Crippen molar-refractivity contribution >= 4 is 35.2 Å². The van der Waals surface area contributed by atoms with Crippen molar-refractivity contribution in [3.63, 3.8) is 0 Å². The van der Waals surface area contributed by atoms with Crippen LogP contribution in [0, 0.1) is 29.1 Å². The molecule has 228 valence electrons. The van der Waals surface area contributed by atoms with E-state index in [2.05, 4.69) is 24.5 Å². The summed E-state index contributed by atoms with van der Waals surface area (Å²) >= 11 is 0. The maximum absolute atomic E-state index is 14.4. The van der Waals surface area contributed by atoms with Gasteiger partial charge in [-0.25, -0.2) is 4.79 Å². The van der Waals surface area contributed by atoms with Crippen LogP contribution in [-0.4, -0.2) is 66.2 Å². The topological polar surface area (TPSA) is 142 Å². The molecule has 0 aromatic heterocycles. The van der Waals surface area contributed by atoms with Gasteiger partial charge in [-0.05, 0) is 60.5 Å². The molecule has 1 unspecified atom stereocenters. The lowest BCUT2D eigenvalue weighted by Crippen LogP contribution is -2.60. The molecule has 5 amide bonds. The van der Waals surface area contributed by atoms with Crippen LogP contribution in [0.25, 0.3) is 0 Å². The molecule has 0 bridgehead atoms. The SMILES string of the molecule is CN(C(=O)N[C@H](C(=O)N1C[C@H]2[C@@H]([C@H]1C(=O)NC(CC1CCC1)C(=O)C(N)=O)C2(C)C)C1CCCCC1)c1ccccc1. The highest BCUT2D eigenvalue weighted by molar-refractivity contribution is 6.37. The van der Waals surface area contributed by atoms with Crippen molar-refractivity contribution in [2.45, 2.75) is 89.8 Å². The number of piperidine rings is 1. The average molecular weight is 580 g/mol. The summed E-state index contributed by atoms with van der Waals surface area (Å²) in [5.41, 5.74) is 5.92. The predicted octanol–water partition coefficient (Wildman–Crippen LogP) is 2.99. The number of fused-ring (bicyclic) bond motifs is 1. The Labute approximate surface area is 248 Å². The van der Waals surface area contributed by atoms with Crippen LogP contribution < -0.4 is 21.3 Å². The molecule has 4 fully saturated rings. The van der Waals surface area contributed by atoms with Crippen molar-refractivity contribution in [2.75, 3.05) is 18.5 Å². The standard InChI is InChI=1S/C32H45N5O5/c1-32(2)22-18-37(26(24(22)32)29(40)34-23(27(38)28(33)39)17-19-11-10-12-19)30(41)25(20-13-6-4-7-14-20)35-31(42)36(3)21-15-8-5-9-16-21/h5,8-9,15-16,19-20,22-26H,4,6-7,10-14,17-18H2,1-3H3,(H2,33,39)(H,34,40)(H,35,42)/t22-,23?,24-,25-,26-/m0/s1. The maximum atomic E-state index is 14.4. The first-order valence-electron chi connectivity index (χ1n) is 15.5. The third kappa shape index (κ3) is 5.90. The number of para-hydroxylation sites is 1. The number of nitrogens with zero attached hydrogens (tertiary/aromatic N) is 2. The highest BCUT2D eigenvalue weighted by atomic mass is 16.2. The second-order valence-corrected chi connectivity index (χ2v) is 13.4. The fourth-order valence-corrected chi connectivity index (χ4v) is 7.56. The highest BCUT2D eigenvalue weighted by Gasteiger charge is 2.69. The Morgan fingerprint density at radius 2 is 1.64 bits per heavy atom. The number of nitrogens with two attached hydrogens (primary N) is 1. The summed E-state index contributed by atoms with van der Waals surface area (Å²) in [5, 5.41) is 5.87. The number of hydrogen-bond donors (Lipinski definition) is 3. The van der Waals surface area contributed by atoms with Crippen LogP contribution in [-0.2, 0) is 19.2 Å². The van der Waals surface area contributed by atoms with Gasteiger partial charge in [0.15, 0.2) is 0 Å². The lowest BCUT2D eigenvalue weighted by molar-refractivity contribution is -0.144. The van der Waals surface area contributed by atoms with Crippen molar-refractivity contribution in [1.82, 2.24) is 15.5 Å². The zero-order chi connectivity index (χ0) is 30.2. The van der Waals surface area contributed by atoms with Gasteiger partial charge >= 0.3 is 6.03 Å². The Kier molecular flexibility index (Phi) is 8.62. The van der Waals surface area contributed by atoms with Crippen molar-refractivity contribution in [3.05, 3.63) is 30.3 Å². The van der Waals surface area contributed by atoms with E-state index in [9.17, 15) is 24.0 Å². The fraction of sp³-hybridized carbons (Fsp3) is 0.656. The zero-order valence-corrected chi connectivity index (χ0v) is 25.0. The van der Waals surface area contributed by atoms with Gasteiger partial charge in [0.1, 0.15) is 12.1 Å². The normalized spacial score (nSPS) is 26.3. The molecule has 4 N–H and O–H groups in total. The summed E-state index contributed by atoms with van der Waals surface area (Å²) in [6.07, 6.45) is 8.05. The van der Waals surface area contributed by atoms with E-state index in [4.69, 9.17) is 5.73 Å². The molecular formula is C32H45N5O5. The van der Waals surface area contributed by atoms with Crippen molar-refractivity contribution in [3.8, 4) is 0 Å². The first-order valence-corrected chi connectivity index (χ1v) is 15.5. The summed E-state index contributed by atoms with van der Waals surface area (Å²) in [6.45, 7) is 4.61. The number of likely N-dealkylation sites (tertiary alicyclic amines) is 1. The molecule has 5 atom stereocenters. The van der Waals surface area contributed by atoms with Crippen LogP contribution >= 0.6 is 0 Å². The Hall–Kier alpha value is -3.43. The molecule has 1 aliphatic heterocycles. The summed E-state index contributed by atoms with van der Waals surface area (Å²) < 4.78 is 0. The monoisotopic (exact) mass is 579 g/mol. The summed E-state index contributed by atoms with van der Waals surface area (Å²) in [7, 11) is 1.68. The minimum Gasteiger partial charge on any atom is -0.363 e. The molecule has 42 heavy (non-hydrogen) atoms. The number of Topliss-reactive ketones (excluding diaryl/α,β-unsaturated/α-hetero) is 1. The van der Waals surface area contributed by atoms with E-state index >= 15 is 0 Å². The number of nitrogens with one attached hydrogen (secondary N) is 2. The minimum atomic E-state index is -1.06. The molecule has 1 aromatic carbocycles. The van der Waals surface area contributed by atoms with Gasteiger partial charge in [0.25, 0.3) is 5.91 Å². The second-order valence-electron chi connectivity index (χ2n) is 13.4. The van der Waals surface area contributed by atoms with E-state index in [0.29, 0.717) is 18.7 Å². The summed E-state index contributed by atoms with van der Waals surface area (Å²) in [6, 6.07) is 6.34. The van der Waals surface area contributed by atoms with Crippen LogP contribution in [0.4, 0.5) is 10.5 Å². The Morgan fingerprint density at radius 1 is 0.976 bits per heavy atom. The number of ketones is 1. The highest BCUT2D eigenvalue weighted by Crippen LogP contribution is 2.65. The molecule has 3 aliphatic carbocycles. The van der Waals surface area contributed by atoms with Gasteiger partial charge in [-0.3, -0.25) is 24.1 Å². The van der Waals surface area contributed by atoms with Gasteiger partial charge in [0.05, 0.1) is 6.04 Å². The third-order valence-corrected chi connectivity index (χ3v) is 10.5. The number of carbonyl (C=O) groups excluding carboxylic acids is 5. The van der Waals surface area contributed by atoms with Crippen LogP contribution in [0.3, 0.4) is 0 Å². The lowest BCUT2D eigenvalue weighted by Gasteiger charge is -2.38. The number of benzene rings is 1. The Morgan fingerprint density at radius 3 is 2.24 bits per heavy atom.